The van der Waals surface area contributed by atoms with Crippen molar-refractivity contribution in [2.75, 3.05) is 11.9 Å². The van der Waals surface area contributed by atoms with Crippen LogP contribution < -0.4 is 5.32 Å². The summed E-state index contributed by atoms with van der Waals surface area (Å²) in [5.74, 6) is 0.429. The molecule has 0 fully saturated rings. The Balaban J connectivity index is 1.35. The van der Waals surface area contributed by atoms with E-state index in [1.165, 1.54) is 0 Å². The highest BCUT2D eigenvalue weighted by atomic mass is 16.5. The molecule has 1 N–H and O–H groups in total. The van der Waals surface area contributed by atoms with Crippen LogP contribution in [0.2, 0.25) is 0 Å². The predicted molar refractivity (Wildman–Crippen MR) is 142 cm³/mol. The summed E-state index contributed by atoms with van der Waals surface area (Å²) < 4.78 is 16.9. The molecular formula is C30H26N2O5. The first-order chi connectivity index (χ1) is 17.8. The lowest BCUT2D eigenvalue weighted by molar-refractivity contribution is 0.0526. The summed E-state index contributed by atoms with van der Waals surface area (Å²) in [6.45, 7) is 8.07. The lowest BCUT2D eigenvalue weighted by atomic mass is 10.1. The lowest BCUT2D eigenvalue weighted by Gasteiger charge is -2.10. The Hall–Kier alpha value is -4.65. The normalized spacial score (nSPS) is 11.0. The largest absolute Gasteiger partial charge is 0.462 e. The minimum atomic E-state index is -0.380. The second kappa shape index (κ2) is 9.78. The highest BCUT2D eigenvalue weighted by Gasteiger charge is 2.18. The topological polar surface area (TPSA) is 94.6 Å². The molecule has 0 atom stereocenters. The summed E-state index contributed by atoms with van der Waals surface area (Å²) in [7, 11) is 0. The molecule has 0 aliphatic carbocycles. The van der Waals surface area contributed by atoms with Gasteiger partial charge in [0.25, 0.3) is 5.91 Å². The number of anilines is 1. The van der Waals surface area contributed by atoms with Crippen LogP contribution in [0.3, 0.4) is 0 Å². The number of nitrogens with one attached hydrogen (secondary N) is 1. The van der Waals surface area contributed by atoms with Gasteiger partial charge in [-0.05, 0) is 92.9 Å². The van der Waals surface area contributed by atoms with Crippen molar-refractivity contribution in [3.05, 3.63) is 94.7 Å². The maximum Gasteiger partial charge on any atom is 0.338 e. The zero-order valence-corrected chi connectivity index (χ0v) is 21.0. The molecule has 0 radical (unpaired) electrons. The second-order valence-electron chi connectivity index (χ2n) is 8.82. The number of carbonyl (C=O) groups excluding carboxylic acids is 2. The third-order valence-electron chi connectivity index (χ3n) is 6.33. The quantitative estimate of drug-likeness (QED) is 0.253. The van der Waals surface area contributed by atoms with Crippen LogP contribution in [0.25, 0.3) is 33.9 Å². The average Bonchev–Trinajstić information content (AvgIpc) is 3.53. The molecule has 5 rings (SSSR count). The molecule has 0 aliphatic rings. The van der Waals surface area contributed by atoms with Crippen LogP contribution in [-0.4, -0.2) is 23.5 Å². The predicted octanol–water partition coefficient (Wildman–Crippen LogP) is 7.11. The number of oxazole rings is 1. The highest BCUT2D eigenvalue weighted by Crippen LogP contribution is 2.32. The molecule has 7 nitrogen and oxygen atoms in total. The van der Waals surface area contributed by atoms with Crippen LogP contribution in [0.5, 0.6) is 0 Å². The first-order valence-corrected chi connectivity index (χ1v) is 12.0. The lowest BCUT2D eigenvalue weighted by Crippen LogP contribution is -2.12. The summed E-state index contributed by atoms with van der Waals surface area (Å²) >= 11 is 0. The van der Waals surface area contributed by atoms with Gasteiger partial charge >= 0.3 is 5.97 Å². The van der Waals surface area contributed by atoms with Crippen LogP contribution in [0.1, 0.15) is 44.5 Å². The van der Waals surface area contributed by atoms with Crippen molar-refractivity contribution >= 4 is 28.7 Å². The molecule has 0 saturated heterocycles. The number of aromatic nitrogens is 1. The number of rotatable bonds is 6. The number of esters is 1. The van der Waals surface area contributed by atoms with Crippen molar-refractivity contribution in [2.45, 2.75) is 27.7 Å². The monoisotopic (exact) mass is 494 g/mol. The molecular weight excluding hydrogens is 468 g/mol. The van der Waals surface area contributed by atoms with Gasteiger partial charge in [-0.2, -0.15) is 0 Å². The van der Waals surface area contributed by atoms with E-state index in [2.05, 4.69) is 10.3 Å². The summed E-state index contributed by atoms with van der Waals surface area (Å²) in [5.41, 5.74) is 7.27. The van der Waals surface area contributed by atoms with E-state index >= 15 is 0 Å². The highest BCUT2D eigenvalue weighted by molar-refractivity contribution is 6.03. The van der Waals surface area contributed by atoms with Gasteiger partial charge in [0.2, 0.25) is 5.89 Å². The van der Waals surface area contributed by atoms with Gasteiger partial charge in [-0.3, -0.25) is 4.79 Å². The Morgan fingerprint density at radius 3 is 2.43 bits per heavy atom. The molecule has 1 amide bonds. The van der Waals surface area contributed by atoms with E-state index in [1.807, 2.05) is 51.1 Å². The maximum absolute atomic E-state index is 13.0. The fraction of sp³-hybridized carbons (Fsp3) is 0.167. The molecule has 0 bridgehead atoms. The van der Waals surface area contributed by atoms with Crippen molar-refractivity contribution in [3.8, 4) is 22.8 Å². The van der Waals surface area contributed by atoms with Crippen LogP contribution in [0, 0.1) is 20.8 Å². The molecule has 2 heterocycles. The number of benzene rings is 3. The number of fused-ring (bicyclic) bond motifs is 1. The third kappa shape index (κ3) is 4.76. The van der Waals surface area contributed by atoms with E-state index in [-0.39, 0.29) is 17.6 Å². The molecule has 0 aliphatic heterocycles. The molecule has 0 spiro atoms. The molecule has 186 valence electrons. The smallest absolute Gasteiger partial charge is 0.338 e. The van der Waals surface area contributed by atoms with Crippen molar-refractivity contribution < 1.29 is 23.2 Å². The number of aryl methyl sites for hydroxylation is 2. The zero-order chi connectivity index (χ0) is 26.1. The second-order valence-corrected chi connectivity index (χ2v) is 8.82. The summed E-state index contributed by atoms with van der Waals surface area (Å²) in [5, 5.41) is 2.93. The standard InChI is InChI=1S/C30H26N2O5/c1-5-35-30(34)21-11-9-20(10-12-21)25-13-14-26(36-25)28(33)31-23-8-6-7-22(19(23)4)29-32-24-15-17(2)18(3)16-27(24)37-29/h6-16H,5H2,1-4H3,(H,31,33). The SMILES string of the molecule is CCOC(=O)c1ccc(-c2ccc(C(=O)Nc3cccc(-c4nc5cc(C)c(C)cc5o4)c3C)o2)cc1. The molecule has 5 aromatic rings. The minimum absolute atomic E-state index is 0.169. The van der Waals surface area contributed by atoms with E-state index in [9.17, 15) is 9.59 Å². The number of ether oxygens (including phenoxy) is 1. The summed E-state index contributed by atoms with van der Waals surface area (Å²) in [6, 6.07) is 19.8. The van der Waals surface area contributed by atoms with Gasteiger partial charge in [0.1, 0.15) is 11.3 Å². The van der Waals surface area contributed by atoms with E-state index in [0.29, 0.717) is 29.5 Å². The number of hydrogen-bond donors (Lipinski definition) is 1. The van der Waals surface area contributed by atoms with E-state index in [0.717, 1.165) is 38.9 Å². The molecule has 0 saturated carbocycles. The third-order valence-corrected chi connectivity index (χ3v) is 6.33. The van der Waals surface area contributed by atoms with Crippen LogP contribution in [0.4, 0.5) is 5.69 Å². The average molecular weight is 495 g/mol. The number of furan rings is 1. The van der Waals surface area contributed by atoms with Gasteiger partial charge in [0, 0.05) is 16.8 Å². The van der Waals surface area contributed by atoms with E-state index in [1.54, 1.807) is 43.3 Å². The Labute approximate surface area is 214 Å². The Morgan fingerprint density at radius 2 is 1.68 bits per heavy atom. The first-order valence-electron chi connectivity index (χ1n) is 12.0. The molecule has 37 heavy (non-hydrogen) atoms. The van der Waals surface area contributed by atoms with Crippen molar-refractivity contribution in [2.24, 2.45) is 0 Å². The Bertz CT molecular complexity index is 1590. The van der Waals surface area contributed by atoms with Crippen molar-refractivity contribution in [1.82, 2.24) is 4.98 Å². The van der Waals surface area contributed by atoms with Crippen molar-refractivity contribution in [1.29, 1.82) is 0 Å². The molecule has 7 heteroatoms. The van der Waals surface area contributed by atoms with Gasteiger partial charge in [-0.1, -0.05) is 18.2 Å². The fourth-order valence-corrected chi connectivity index (χ4v) is 4.08. The van der Waals surface area contributed by atoms with E-state index < -0.39 is 0 Å². The van der Waals surface area contributed by atoms with Gasteiger partial charge in [0.15, 0.2) is 11.3 Å². The summed E-state index contributed by atoms with van der Waals surface area (Å²) in [4.78, 5) is 29.5. The first kappa shape index (κ1) is 24.1. The van der Waals surface area contributed by atoms with Gasteiger partial charge < -0.3 is 18.9 Å². The minimum Gasteiger partial charge on any atom is -0.462 e. The van der Waals surface area contributed by atoms with Gasteiger partial charge in [0.05, 0.1) is 12.2 Å². The number of carbonyl (C=O) groups is 2. The summed E-state index contributed by atoms with van der Waals surface area (Å²) in [6.07, 6.45) is 0. The molecule has 3 aromatic carbocycles. The number of hydrogen-bond acceptors (Lipinski definition) is 6. The fourth-order valence-electron chi connectivity index (χ4n) is 4.08. The Morgan fingerprint density at radius 1 is 0.919 bits per heavy atom. The van der Waals surface area contributed by atoms with Crippen LogP contribution in [-0.2, 0) is 4.74 Å². The van der Waals surface area contributed by atoms with Gasteiger partial charge in [-0.25, -0.2) is 9.78 Å². The zero-order valence-electron chi connectivity index (χ0n) is 21.0. The molecule has 0 unspecified atom stereocenters. The van der Waals surface area contributed by atoms with Crippen LogP contribution >= 0.6 is 0 Å². The van der Waals surface area contributed by atoms with Gasteiger partial charge in [-0.15, -0.1) is 0 Å². The van der Waals surface area contributed by atoms with Crippen LogP contribution in [0.15, 0.2) is 75.6 Å². The number of amides is 1. The van der Waals surface area contributed by atoms with Crippen molar-refractivity contribution in [3.63, 3.8) is 0 Å². The van der Waals surface area contributed by atoms with E-state index in [4.69, 9.17) is 13.6 Å². The maximum atomic E-state index is 13.0. The Kier molecular flexibility index (Phi) is 6.36. The molecule has 2 aromatic heterocycles. The number of nitrogens with zero attached hydrogens (tertiary/aromatic N) is 1.